The molecular formula is C24H23NO4. The van der Waals surface area contributed by atoms with Gasteiger partial charge in [-0.1, -0.05) is 72.8 Å². The number of benzene rings is 3. The quantitative estimate of drug-likeness (QED) is 0.548. The van der Waals surface area contributed by atoms with Gasteiger partial charge in [0.15, 0.2) is 0 Å². The van der Waals surface area contributed by atoms with Crippen molar-refractivity contribution in [2.75, 3.05) is 0 Å². The number of phenolic OH excluding ortho intramolecular Hbond substituents is 1. The molecule has 3 aromatic carbocycles. The number of nitrogens with one attached hydrogen (secondary N) is 1. The minimum absolute atomic E-state index is 0.109. The molecule has 0 aliphatic carbocycles. The molecule has 0 heterocycles. The van der Waals surface area contributed by atoms with Crippen molar-refractivity contribution in [3.05, 3.63) is 102 Å². The first-order valence-electron chi connectivity index (χ1n) is 9.43. The number of phenols is 1. The van der Waals surface area contributed by atoms with E-state index in [0.29, 0.717) is 0 Å². The van der Waals surface area contributed by atoms with Gasteiger partial charge in [-0.3, -0.25) is 4.79 Å². The van der Waals surface area contributed by atoms with Crippen molar-refractivity contribution >= 4 is 11.9 Å². The lowest BCUT2D eigenvalue weighted by atomic mass is 9.88. The number of aromatic hydroxyl groups is 1. The highest BCUT2D eigenvalue weighted by molar-refractivity contribution is 5.84. The molecule has 5 nitrogen and oxygen atoms in total. The Hall–Kier alpha value is -3.60. The van der Waals surface area contributed by atoms with E-state index in [1.165, 1.54) is 12.1 Å². The first-order chi connectivity index (χ1) is 14.0. The molecule has 3 N–H and O–H groups in total. The molecule has 0 saturated heterocycles. The summed E-state index contributed by atoms with van der Waals surface area (Å²) < 4.78 is 0. The standard InChI is InChI=1S/C24H23NO4/c26-20-13-11-17(12-14-20)15-22(24(28)29)25-23(27)16-21(18-7-3-1-4-8-18)19-9-5-2-6-10-19/h1-14,21-22,26H,15-16H2,(H,25,27)(H,28,29)/t22-/m1/s1. The molecule has 0 bridgehead atoms. The van der Waals surface area contributed by atoms with E-state index in [0.717, 1.165) is 16.7 Å². The first-order valence-corrected chi connectivity index (χ1v) is 9.43. The molecule has 0 fully saturated rings. The predicted octanol–water partition coefficient (Wildman–Crippen LogP) is 3.73. The zero-order valence-electron chi connectivity index (χ0n) is 15.9. The average molecular weight is 389 g/mol. The fourth-order valence-corrected chi connectivity index (χ4v) is 3.31. The Labute approximate surface area is 169 Å². The van der Waals surface area contributed by atoms with Gasteiger partial charge in [-0.2, -0.15) is 0 Å². The van der Waals surface area contributed by atoms with Crippen LogP contribution >= 0.6 is 0 Å². The molecule has 3 rings (SSSR count). The van der Waals surface area contributed by atoms with Crippen LogP contribution in [0.4, 0.5) is 0 Å². The Morgan fingerprint density at radius 3 is 1.79 bits per heavy atom. The monoisotopic (exact) mass is 389 g/mol. The molecular weight excluding hydrogens is 366 g/mol. The topological polar surface area (TPSA) is 86.6 Å². The Morgan fingerprint density at radius 2 is 1.31 bits per heavy atom. The van der Waals surface area contributed by atoms with Gasteiger partial charge in [0.25, 0.3) is 0 Å². The number of amides is 1. The molecule has 0 unspecified atom stereocenters. The number of carboxylic acid groups (broad SMARTS) is 1. The highest BCUT2D eigenvalue weighted by atomic mass is 16.4. The SMILES string of the molecule is O=C(CC(c1ccccc1)c1ccccc1)N[C@H](Cc1ccc(O)cc1)C(=O)O. The van der Waals surface area contributed by atoms with Crippen LogP contribution in [0.2, 0.25) is 0 Å². The van der Waals surface area contributed by atoms with Crippen LogP contribution in [0.3, 0.4) is 0 Å². The van der Waals surface area contributed by atoms with Crippen molar-refractivity contribution < 1.29 is 19.8 Å². The number of rotatable bonds is 8. The minimum Gasteiger partial charge on any atom is -0.508 e. The zero-order valence-corrected chi connectivity index (χ0v) is 15.9. The van der Waals surface area contributed by atoms with Crippen molar-refractivity contribution in [1.29, 1.82) is 0 Å². The molecule has 0 spiro atoms. The van der Waals surface area contributed by atoms with E-state index >= 15 is 0 Å². The fourth-order valence-electron chi connectivity index (χ4n) is 3.31. The van der Waals surface area contributed by atoms with Gasteiger partial charge >= 0.3 is 5.97 Å². The van der Waals surface area contributed by atoms with Crippen LogP contribution in [0, 0.1) is 0 Å². The van der Waals surface area contributed by atoms with Gasteiger partial charge < -0.3 is 15.5 Å². The maximum absolute atomic E-state index is 12.7. The summed E-state index contributed by atoms with van der Waals surface area (Å²) in [7, 11) is 0. The maximum Gasteiger partial charge on any atom is 0.326 e. The van der Waals surface area contributed by atoms with Gasteiger partial charge in [-0.05, 0) is 28.8 Å². The smallest absolute Gasteiger partial charge is 0.326 e. The van der Waals surface area contributed by atoms with Crippen LogP contribution in [0.5, 0.6) is 5.75 Å². The second-order valence-electron chi connectivity index (χ2n) is 6.91. The summed E-state index contributed by atoms with van der Waals surface area (Å²) in [6.45, 7) is 0. The van der Waals surface area contributed by atoms with Crippen LogP contribution in [-0.2, 0) is 16.0 Å². The molecule has 1 amide bonds. The molecule has 29 heavy (non-hydrogen) atoms. The molecule has 3 aromatic rings. The normalized spacial score (nSPS) is 11.8. The van der Waals surface area contributed by atoms with E-state index in [1.54, 1.807) is 12.1 Å². The number of hydrogen-bond acceptors (Lipinski definition) is 3. The number of carbonyl (C=O) groups is 2. The van der Waals surface area contributed by atoms with Crippen LogP contribution in [0.15, 0.2) is 84.9 Å². The summed E-state index contributed by atoms with van der Waals surface area (Å²) in [5.74, 6) is -1.48. The molecule has 5 heteroatoms. The zero-order chi connectivity index (χ0) is 20.6. The Kier molecular flexibility index (Phi) is 6.63. The summed E-state index contributed by atoms with van der Waals surface area (Å²) in [4.78, 5) is 24.4. The fraction of sp³-hybridized carbons (Fsp3) is 0.167. The average Bonchev–Trinajstić information content (AvgIpc) is 2.74. The predicted molar refractivity (Wildman–Crippen MR) is 111 cm³/mol. The highest BCUT2D eigenvalue weighted by Gasteiger charge is 2.24. The highest BCUT2D eigenvalue weighted by Crippen LogP contribution is 2.27. The maximum atomic E-state index is 12.7. The number of carboxylic acids is 1. The van der Waals surface area contributed by atoms with Gasteiger partial charge in [-0.15, -0.1) is 0 Å². The lowest BCUT2D eigenvalue weighted by Crippen LogP contribution is -2.42. The summed E-state index contributed by atoms with van der Waals surface area (Å²) in [6.07, 6.45) is 0.288. The Balaban J connectivity index is 1.74. The summed E-state index contributed by atoms with van der Waals surface area (Å²) in [6, 6.07) is 24.7. The van der Waals surface area contributed by atoms with Gasteiger partial charge in [-0.25, -0.2) is 4.79 Å². The van der Waals surface area contributed by atoms with Gasteiger partial charge in [0, 0.05) is 18.8 Å². The van der Waals surface area contributed by atoms with Crippen molar-refractivity contribution in [2.24, 2.45) is 0 Å². The molecule has 0 aromatic heterocycles. The van der Waals surface area contributed by atoms with E-state index in [1.807, 2.05) is 60.7 Å². The van der Waals surface area contributed by atoms with Crippen LogP contribution in [-0.4, -0.2) is 28.1 Å². The number of hydrogen-bond donors (Lipinski definition) is 3. The van der Waals surface area contributed by atoms with Crippen molar-refractivity contribution in [3.8, 4) is 5.75 Å². The summed E-state index contributed by atoms with van der Waals surface area (Å²) >= 11 is 0. The van der Waals surface area contributed by atoms with Crippen LogP contribution in [0.25, 0.3) is 0 Å². The second-order valence-corrected chi connectivity index (χ2v) is 6.91. The third-order valence-corrected chi connectivity index (χ3v) is 4.80. The van der Waals surface area contributed by atoms with Gasteiger partial charge in [0.05, 0.1) is 0 Å². The van der Waals surface area contributed by atoms with Crippen LogP contribution in [0.1, 0.15) is 29.0 Å². The minimum atomic E-state index is -1.10. The lowest BCUT2D eigenvalue weighted by Gasteiger charge is -2.20. The molecule has 0 saturated carbocycles. The van der Waals surface area contributed by atoms with E-state index in [2.05, 4.69) is 5.32 Å². The largest absolute Gasteiger partial charge is 0.508 e. The molecule has 0 aliphatic heterocycles. The summed E-state index contributed by atoms with van der Waals surface area (Å²) in [5.41, 5.74) is 2.72. The number of carbonyl (C=O) groups excluding carboxylic acids is 1. The first kappa shape index (κ1) is 20.1. The van der Waals surface area contributed by atoms with Gasteiger partial charge in [0.1, 0.15) is 11.8 Å². The lowest BCUT2D eigenvalue weighted by molar-refractivity contribution is -0.141. The molecule has 0 radical (unpaired) electrons. The van der Waals surface area contributed by atoms with Crippen molar-refractivity contribution in [3.63, 3.8) is 0 Å². The van der Waals surface area contributed by atoms with E-state index in [-0.39, 0.29) is 30.4 Å². The Bertz CT molecular complexity index is 900. The summed E-state index contributed by atoms with van der Waals surface area (Å²) in [5, 5.41) is 21.6. The van der Waals surface area contributed by atoms with E-state index < -0.39 is 12.0 Å². The van der Waals surface area contributed by atoms with Crippen molar-refractivity contribution in [1.82, 2.24) is 5.32 Å². The molecule has 148 valence electrons. The third-order valence-electron chi connectivity index (χ3n) is 4.80. The third kappa shape index (κ3) is 5.69. The Morgan fingerprint density at radius 1 is 0.793 bits per heavy atom. The second kappa shape index (κ2) is 9.55. The van der Waals surface area contributed by atoms with Gasteiger partial charge in [0.2, 0.25) is 5.91 Å². The number of aliphatic carboxylic acids is 1. The molecule has 1 atom stereocenters. The molecule has 0 aliphatic rings. The van der Waals surface area contributed by atoms with E-state index in [9.17, 15) is 19.8 Å². The van der Waals surface area contributed by atoms with E-state index in [4.69, 9.17) is 0 Å². The van der Waals surface area contributed by atoms with Crippen LogP contribution < -0.4 is 5.32 Å². The van der Waals surface area contributed by atoms with Crippen molar-refractivity contribution in [2.45, 2.75) is 24.8 Å².